The van der Waals surface area contributed by atoms with Crippen molar-refractivity contribution in [3.63, 3.8) is 0 Å². The summed E-state index contributed by atoms with van der Waals surface area (Å²) in [4.78, 5) is 2.46. The second-order valence-corrected chi connectivity index (χ2v) is 6.05. The van der Waals surface area contributed by atoms with Crippen molar-refractivity contribution in [2.45, 2.75) is 0 Å². The van der Waals surface area contributed by atoms with Gasteiger partial charge in [-0.25, -0.2) is 0 Å². The molecule has 0 amide bonds. The fourth-order valence-corrected chi connectivity index (χ4v) is 3.11. The summed E-state index contributed by atoms with van der Waals surface area (Å²) in [6.45, 7) is 2.25. The van der Waals surface area contributed by atoms with Crippen LogP contribution in [0.15, 0.2) is 42.5 Å². The lowest BCUT2D eigenvalue weighted by atomic mass is 10.1. The van der Waals surface area contributed by atoms with Crippen LogP contribution in [-0.4, -0.2) is 21.9 Å². The third-order valence-electron chi connectivity index (χ3n) is 2.81. The molecule has 3 heteroatoms. The van der Waals surface area contributed by atoms with Gasteiger partial charge in [-0.1, -0.05) is 75.5 Å². The molecule has 2 rings (SSSR count). The summed E-state index contributed by atoms with van der Waals surface area (Å²) in [6, 6.07) is 15.3. The molecule has 0 unspecified atom stereocenters. The van der Waals surface area contributed by atoms with E-state index in [-0.39, 0.29) is 0 Å². The van der Waals surface area contributed by atoms with E-state index in [0.717, 1.165) is 13.1 Å². The number of nitrogens with zero attached hydrogens (tertiary/aromatic N) is 1. The number of hydrogen-bond acceptors (Lipinski definition) is 1. The molecule has 0 radical (unpaired) electrons. The zero-order valence-corrected chi connectivity index (χ0v) is 13.9. The molecule has 0 aliphatic heterocycles. The highest BCUT2D eigenvalue weighted by atomic mass is 127. The van der Waals surface area contributed by atoms with E-state index in [9.17, 15) is 0 Å². The lowest BCUT2D eigenvalue weighted by Crippen LogP contribution is -2.27. The van der Waals surface area contributed by atoms with Crippen LogP contribution in [0.4, 0.5) is 5.69 Å². The number of rotatable bonds is 5. The quantitative estimate of drug-likeness (QED) is 0.478. The molecule has 2 aromatic rings. The number of anilines is 1. The van der Waals surface area contributed by atoms with E-state index in [4.69, 9.17) is 0 Å². The van der Waals surface area contributed by atoms with E-state index < -0.39 is 0 Å². The summed E-state index contributed by atoms with van der Waals surface area (Å²) in [5.74, 6) is 0. The SMILES string of the molecule is ICCN(CCI)c1ccc2ccccc2c1. The first kappa shape index (κ1) is 13.4. The largest absolute Gasteiger partial charge is 0.370 e. The lowest BCUT2D eigenvalue weighted by Gasteiger charge is -2.23. The smallest absolute Gasteiger partial charge is 0.0373 e. The molecule has 1 nitrogen and oxygen atoms in total. The van der Waals surface area contributed by atoms with Gasteiger partial charge in [0.15, 0.2) is 0 Å². The highest BCUT2D eigenvalue weighted by molar-refractivity contribution is 14.1. The van der Waals surface area contributed by atoms with Gasteiger partial charge in [-0.15, -0.1) is 0 Å². The van der Waals surface area contributed by atoms with Crippen LogP contribution in [0.25, 0.3) is 10.8 Å². The van der Waals surface area contributed by atoms with Gasteiger partial charge in [0.1, 0.15) is 0 Å². The Kier molecular flexibility index (Phi) is 5.34. The molecule has 0 spiro atoms. The van der Waals surface area contributed by atoms with Crippen LogP contribution < -0.4 is 4.90 Å². The summed E-state index contributed by atoms with van der Waals surface area (Å²) in [5.41, 5.74) is 1.34. The van der Waals surface area contributed by atoms with Crippen LogP contribution in [0.3, 0.4) is 0 Å². The first-order valence-corrected chi connectivity index (χ1v) is 8.76. The molecular weight excluding hydrogens is 436 g/mol. The van der Waals surface area contributed by atoms with Gasteiger partial charge in [0, 0.05) is 27.6 Å². The zero-order chi connectivity index (χ0) is 12.1. The van der Waals surface area contributed by atoms with E-state index in [0.29, 0.717) is 0 Å². The number of fused-ring (bicyclic) bond motifs is 1. The maximum Gasteiger partial charge on any atom is 0.0373 e. The molecule has 0 N–H and O–H groups in total. The molecule has 17 heavy (non-hydrogen) atoms. The maximum absolute atomic E-state index is 2.46. The van der Waals surface area contributed by atoms with Crippen molar-refractivity contribution >= 4 is 61.6 Å². The average molecular weight is 451 g/mol. The molecule has 0 atom stereocenters. The van der Waals surface area contributed by atoms with Gasteiger partial charge in [0.05, 0.1) is 0 Å². The molecule has 0 heterocycles. The zero-order valence-electron chi connectivity index (χ0n) is 9.57. The molecule has 90 valence electrons. The predicted octanol–water partition coefficient (Wildman–Crippen LogP) is 4.52. The third kappa shape index (κ3) is 3.47. The monoisotopic (exact) mass is 451 g/mol. The van der Waals surface area contributed by atoms with Gasteiger partial charge in [-0.3, -0.25) is 0 Å². The van der Waals surface area contributed by atoms with Crippen LogP contribution in [0.1, 0.15) is 0 Å². The standard InChI is InChI=1S/C14H15I2N/c15-7-9-17(10-8-16)14-6-5-12-3-1-2-4-13(12)11-14/h1-6,11H,7-10H2. The summed E-state index contributed by atoms with van der Waals surface area (Å²) in [5, 5.41) is 2.65. The van der Waals surface area contributed by atoms with Gasteiger partial charge in [0.2, 0.25) is 0 Å². The first-order chi connectivity index (χ1) is 8.35. The van der Waals surface area contributed by atoms with E-state index in [1.54, 1.807) is 0 Å². The Morgan fingerprint density at radius 2 is 1.47 bits per heavy atom. The maximum atomic E-state index is 2.46. The fraction of sp³-hybridized carbons (Fsp3) is 0.286. The Bertz CT molecular complexity index is 478. The van der Waals surface area contributed by atoms with E-state index >= 15 is 0 Å². The Hall–Kier alpha value is -0.0400. The molecular formula is C14H15I2N. The number of benzene rings is 2. The number of alkyl halides is 2. The van der Waals surface area contributed by atoms with Crippen molar-refractivity contribution < 1.29 is 0 Å². The van der Waals surface area contributed by atoms with Crippen molar-refractivity contribution in [1.82, 2.24) is 0 Å². The Labute approximate surface area is 130 Å². The minimum Gasteiger partial charge on any atom is -0.370 e. The van der Waals surface area contributed by atoms with Crippen molar-refractivity contribution in [1.29, 1.82) is 0 Å². The van der Waals surface area contributed by atoms with Crippen molar-refractivity contribution in [2.75, 3.05) is 26.8 Å². The summed E-state index contributed by atoms with van der Waals surface area (Å²) >= 11 is 4.89. The summed E-state index contributed by atoms with van der Waals surface area (Å²) < 4.78 is 2.34. The summed E-state index contributed by atoms with van der Waals surface area (Å²) in [7, 11) is 0. The third-order valence-corrected chi connectivity index (χ3v) is 3.77. The van der Waals surface area contributed by atoms with Crippen LogP contribution in [-0.2, 0) is 0 Å². The Balaban J connectivity index is 2.32. The second-order valence-electron chi connectivity index (χ2n) is 3.90. The van der Waals surface area contributed by atoms with Gasteiger partial charge >= 0.3 is 0 Å². The van der Waals surface area contributed by atoms with E-state index in [1.807, 2.05) is 0 Å². The topological polar surface area (TPSA) is 3.24 Å². The van der Waals surface area contributed by atoms with Crippen LogP contribution in [0, 0.1) is 0 Å². The fourth-order valence-electron chi connectivity index (χ4n) is 1.95. The first-order valence-electron chi connectivity index (χ1n) is 5.71. The van der Waals surface area contributed by atoms with Crippen LogP contribution >= 0.6 is 45.2 Å². The van der Waals surface area contributed by atoms with Gasteiger partial charge in [0.25, 0.3) is 0 Å². The number of hydrogen-bond donors (Lipinski definition) is 0. The number of halogens is 2. The minimum atomic E-state index is 1.13. The van der Waals surface area contributed by atoms with Crippen LogP contribution in [0.5, 0.6) is 0 Å². The normalized spacial score (nSPS) is 10.7. The van der Waals surface area contributed by atoms with Crippen molar-refractivity contribution in [2.24, 2.45) is 0 Å². The van der Waals surface area contributed by atoms with Crippen molar-refractivity contribution in [3.05, 3.63) is 42.5 Å². The molecule has 0 aromatic heterocycles. The molecule has 2 aromatic carbocycles. The predicted molar refractivity (Wildman–Crippen MR) is 93.9 cm³/mol. The van der Waals surface area contributed by atoms with Crippen molar-refractivity contribution in [3.8, 4) is 0 Å². The van der Waals surface area contributed by atoms with E-state index in [2.05, 4.69) is 92.5 Å². The molecule has 0 aliphatic carbocycles. The second kappa shape index (κ2) is 6.78. The van der Waals surface area contributed by atoms with E-state index in [1.165, 1.54) is 25.3 Å². The molecule has 0 bridgehead atoms. The van der Waals surface area contributed by atoms with Crippen LogP contribution in [0.2, 0.25) is 0 Å². The minimum absolute atomic E-state index is 1.13. The highest BCUT2D eigenvalue weighted by Gasteiger charge is 2.05. The van der Waals surface area contributed by atoms with Gasteiger partial charge in [-0.05, 0) is 22.9 Å². The lowest BCUT2D eigenvalue weighted by molar-refractivity contribution is 0.893. The highest BCUT2D eigenvalue weighted by Crippen LogP contribution is 2.22. The van der Waals surface area contributed by atoms with Gasteiger partial charge < -0.3 is 4.90 Å². The Morgan fingerprint density at radius 3 is 2.12 bits per heavy atom. The molecule has 0 aliphatic rings. The Morgan fingerprint density at radius 1 is 0.824 bits per heavy atom. The molecule has 0 fully saturated rings. The molecule has 0 saturated carbocycles. The summed E-state index contributed by atoms with van der Waals surface area (Å²) in [6.07, 6.45) is 0. The average Bonchev–Trinajstić information content (AvgIpc) is 2.38. The molecule has 0 saturated heterocycles. The van der Waals surface area contributed by atoms with Gasteiger partial charge in [-0.2, -0.15) is 0 Å².